The molecule has 4 nitrogen and oxygen atoms in total. The Balaban J connectivity index is 2.97. The Bertz CT molecular complexity index is 542. The van der Waals surface area contributed by atoms with Crippen LogP contribution in [0.1, 0.15) is 18.1 Å². The van der Waals surface area contributed by atoms with Crippen LogP contribution < -0.4 is 5.32 Å². The maximum Gasteiger partial charge on any atom is 0.416 e. The summed E-state index contributed by atoms with van der Waals surface area (Å²) in [6.07, 6.45) is -4.21. The van der Waals surface area contributed by atoms with Gasteiger partial charge in [-0.15, -0.1) is 0 Å². The van der Waals surface area contributed by atoms with Gasteiger partial charge in [-0.1, -0.05) is 12.1 Å². The first-order chi connectivity index (χ1) is 9.38. The van der Waals surface area contributed by atoms with Crippen molar-refractivity contribution in [3.63, 3.8) is 0 Å². The Morgan fingerprint density at radius 1 is 1.40 bits per heavy atom. The van der Waals surface area contributed by atoms with Crippen molar-refractivity contribution in [3.8, 4) is 6.07 Å². The lowest BCUT2D eigenvalue weighted by Gasteiger charge is -2.11. The molecule has 0 aliphatic heterocycles. The maximum atomic E-state index is 12.4. The lowest BCUT2D eigenvalue weighted by Crippen LogP contribution is -2.22. The fourth-order valence-electron chi connectivity index (χ4n) is 1.37. The third kappa shape index (κ3) is 4.31. The second-order valence-electron chi connectivity index (χ2n) is 3.61. The van der Waals surface area contributed by atoms with Gasteiger partial charge < -0.3 is 4.74 Å². The molecule has 0 atom stereocenters. The number of nitriles is 1. The van der Waals surface area contributed by atoms with Gasteiger partial charge in [0.1, 0.15) is 0 Å². The fraction of sp³-hybridized carbons (Fsp3) is 0.231. The molecular formula is C13H11F3N2O2. The van der Waals surface area contributed by atoms with Crippen molar-refractivity contribution in [1.82, 2.24) is 5.32 Å². The minimum Gasteiger partial charge on any atom is -0.450 e. The predicted molar refractivity (Wildman–Crippen MR) is 65.2 cm³/mol. The molecule has 0 unspecified atom stereocenters. The highest BCUT2D eigenvalue weighted by Crippen LogP contribution is 2.29. The molecule has 0 heterocycles. The first kappa shape index (κ1) is 15.6. The molecule has 0 aliphatic rings. The van der Waals surface area contributed by atoms with Crippen LogP contribution in [0.2, 0.25) is 0 Å². The first-order valence-electron chi connectivity index (χ1n) is 5.59. The fourth-order valence-corrected chi connectivity index (χ4v) is 1.37. The van der Waals surface area contributed by atoms with Gasteiger partial charge in [0.25, 0.3) is 0 Å². The topological polar surface area (TPSA) is 62.1 Å². The summed E-state index contributed by atoms with van der Waals surface area (Å²) in [5.41, 5.74) is -0.471. The number of hydrogen-bond acceptors (Lipinski definition) is 3. The number of halogens is 3. The number of rotatable bonds is 3. The van der Waals surface area contributed by atoms with Crippen LogP contribution in [0.5, 0.6) is 0 Å². The van der Waals surface area contributed by atoms with Crippen LogP contribution >= 0.6 is 0 Å². The molecule has 0 spiro atoms. The second kappa shape index (κ2) is 6.61. The average Bonchev–Trinajstić information content (AvgIpc) is 2.38. The molecule has 0 fully saturated rings. The summed E-state index contributed by atoms with van der Waals surface area (Å²) in [6.45, 7) is 1.74. The van der Waals surface area contributed by atoms with Gasteiger partial charge in [0.15, 0.2) is 0 Å². The summed E-state index contributed by atoms with van der Waals surface area (Å²) in [5.74, 6) is 0. The molecule has 106 valence electrons. The number of allylic oxidation sites excluding steroid dienone is 1. The van der Waals surface area contributed by atoms with E-state index in [-0.39, 0.29) is 17.9 Å². The van der Waals surface area contributed by atoms with Crippen molar-refractivity contribution in [3.05, 3.63) is 41.5 Å². The van der Waals surface area contributed by atoms with E-state index in [1.807, 2.05) is 0 Å². The number of benzene rings is 1. The second-order valence-corrected chi connectivity index (χ2v) is 3.61. The monoisotopic (exact) mass is 284 g/mol. The van der Waals surface area contributed by atoms with Crippen molar-refractivity contribution in [1.29, 1.82) is 5.26 Å². The molecule has 0 aromatic heterocycles. The Labute approximate surface area is 113 Å². The van der Waals surface area contributed by atoms with E-state index in [2.05, 4.69) is 10.1 Å². The quantitative estimate of drug-likeness (QED) is 0.866. The van der Waals surface area contributed by atoms with E-state index in [4.69, 9.17) is 5.26 Å². The number of alkyl carbamates (subject to hydrolysis) is 1. The van der Waals surface area contributed by atoms with E-state index in [9.17, 15) is 18.0 Å². The van der Waals surface area contributed by atoms with Crippen LogP contribution in [-0.2, 0) is 10.9 Å². The molecule has 20 heavy (non-hydrogen) atoms. The van der Waals surface area contributed by atoms with Crippen LogP contribution in [0.25, 0.3) is 5.70 Å². The Morgan fingerprint density at radius 2 is 2.00 bits per heavy atom. The third-order valence-corrected chi connectivity index (χ3v) is 2.24. The van der Waals surface area contributed by atoms with Crippen molar-refractivity contribution in [2.45, 2.75) is 13.1 Å². The number of amides is 1. The molecule has 1 aromatic carbocycles. The molecule has 0 radical (unpaired) electrons. The molecule has 1 amide bonds. The highest BCUT2D eigenvalue weighted by molar-refractivity contribution is 5.82. The van der Waals surface area contributed by atoms with Crippen LogP contribution in [0.3, 0.4) is 0 Å². The molecule has 1 rings (SSSR count). The smallest absolute Gasteiger partial charge is 0.416 e. The summed E-state index contributed by atoms with van der Waals surface area (Å²) >= 11 is 0. The highest BCUT2D eigenvalue weighted by atomic mass is 19.4. The van der Waals surface area contributed by atoms with Gasteiger partial charge in [-0.3, -0.25) is 5.32 Å². The number of carbonyl (C=O) groups excluding carboxylic acids is 1. The zero-order valence-corrected chi connectivity index (χ0v) is 10.5. The molecule has 1 aromatic rings. The summed E-state index contributed by atoms with van der Waals surface area (Å²) in [4.78, 5) is 11.3. The third-order valence-electron chi connectivity index (χ3n) is 2.24. The number of ether oxygens (including phenoxy) is 1. The number of nitrogens with zero attached hydrogens (tertiary/aromatic N) is 1. The minimum absolute atomic E-state index is 0.0691. The van der Waals surface area contributed by atoms with Gasteiger partial charge >= 0.3 is 12.3 Å². The minimum atomic E-state index is -4.44. The van der Waals surface area contributed by atoms with Gasteiger partial charge in [-0.05, 0) is 24.6 Å². The Hall–Kier alpha value is -2.49. The summed E-state index contributed by atoms with van der Waals surface area (Å²) in [5, 5.41) is 10.9. The van der Waals surface area contributed by atoms with E-state index in [0.717, 1.165) is 30.3 Å². The largest absolute Gasteiger partial charge is 0.450 e. The SMILES string of the molecule is CCOC(=O)NC(=CC#N)c1ccc(C(F)(F)F)cc1. The standard InChI is InChI=1S/C13H11F3N2O2/c1-2-20-12(19)18-11(7-8-17)9-3-5-10(6-4-9)13(14,15)16/h3-7H,2H2,1H3,(H,18,19). The lowest BCUT2D eigenvalue weighted by molar-refractivity contribution is -0.137. The van der Waals surface area contributed by atoms with Crippen LogP contribution in [-0.4, -0.2) is 12.7 Å². The summed E-state index contributed by atoms with van der Waals surface area (Å²) in [6, 6.07) is 5.77. The molecule has 7 heteroatoms. The zero-order chi connectivity index (χ0) is 15.2. The van der Waals surface area contributed by atoms with Gasteiger partial charge in [0, 0.05) is 6.08 Å². The van der Waals surface area contributed by atoms with E-state index in [0.29, 0.717) is 0 Å². The first-order valence-corrected chi connectivity index (χ1v) is 5.59. The number of hydrogen-bond donors (Lipinski definition) is 1. The van der Waals surface area contributed by atoms with Crippen molar-refractivity contribution >= 4 is 11.8 Å². The van der Waals surface area contributed by atoms with Crippen molar-refractivity contribution in [2.75, 3.05) is 6.61 Å². The van der Waals surface area contributed by atoms with E-state index < -0.39 is 17.8 Å². The molecular weight excluding hydrogens is 273 g/mol. The van der Waals surface area contributed by atoms with Crippen LogP contribution in [0, 0.1) is 11.3 Å². The Morgan fingerprint density at radius 3 is 2.45 bits per heavy atom. The average molecular weight is 284 g/mol. The van der Waals surface area contributed by atoms with Gasteiger partial charge in [-0.2, -0.15) is 18.4 Å². The summed E-state index contributed by atoms with van der Waals surface area (Å²) in [7, 11) is 0. The van der Waals surface area contributed by atoms with Crippen LogP contribution in [0.15, 0.2) is 30.3 Å². The normalized spacial score (nSPS) is 11.7. The molecule has 1 N–H and O–H groups in total. The number of carbonyl (C=O) groups is 1. The molecule has 0 saturated carbocycles. The zero-order valence-electron chi connectivity index (χ0n) is 10.5. The van der Waals surface area contributed by atoms with Crippen molar-refractivity contribution < 1.29 is 22.7 Å². The Kier molecular flexibility index (Phi) is 5.15. The van der Waals surface area contributed by atoms with E-state index in [1.165, 1.54) is 0 Å². The van der Waals surface area contributed by atoms with Crippen molar-refractivity contribution in [2.24, 2.45) is 0 Å². The molecule has 0 bridgehead atoms. The van der Waals surface area contributed by atoms with E-state index >= 15 is 0 Å². The van der Waals surface area contributed by atoms with Gasteiger partial charge in [0.05, 0.1) is 23.9 Å². The predicted octanol–water partition coefficient (Wildman–Crippen LogP) is 3.32. The maximum absolute atomic E-state index is 12.4. The highest BCUT2D eigenvalue weighted by Gasteiger charge is 2.30. The number of alkyl halides is 3. The molecule has 0 saturated heterocycles. The summed E-state index contributed by atoms with van der Waals surface area (Å²) < 4.78 is 41.9. The van der Waals surface area contributed by atoms with Crippen LogP contribution in [0.4, 0.5) is 18.0 Å². The van der Waals surface area contributed by atoms with E-state index in [1.54, 1.807) is 13.0 Å². The lowest BCUT2D eigenvalue weighted by atomic mass is 10.1. The molecule has 0 aliphatic carbocycles. The van der Waals surface area contributed by atoms with Gasteiger partial charge in [-0.25, -0.2) is 4.79 Å². The van der Waals surface area contributed by atoms with Gasteiger partial charge in [0.2, 0.25) is 0 Å². The number of nitrogens with one attached hydrogen (secondary N) is 1.